The molecule has 0 N–H and O–H groups in total. The van der Waals surface area contributed by atoms with Crippen LogP contribution < -0.4 is 0 Å². The van der Waals surface area contributed by atoms with Crippen molar-refractivity contribution in [3.8, 4) is 0 Å². The molecule has 1 heterocycles. The number of aliphatic imine (C=N–C) groups is 1. The number of halogens is 1. The Labute approximate surface area is 184 Å². The van der Waals surface area contributed by atoms with Crippen LogP contribution in [-0.2, 0) is 14.8 Å². The summed E-state index contributed by atoms with van der Waals surface area (Å²) < 4.78 is 31.0. The van der Waals surface area contributed by atoms with Gasteiger partial charge >= 0.3 is 0 Å². The van der Waals surface area contributed by atoms with Crippen molar-refractivity contribution in [2.45, 2.75) is 25.7 Å². The van der Waals surface area contributed by atoms with E-state index in [2.05, 4.69) is 24.8 Å². The predicted molar refractivity (Wildman–Crippen MR) is 125 cm³/mol. The van der Waals surface area contributed by atoms with Crippen molar-refractivity contribution in [3.63, 3.8) is 0 Å². The van der Waals surface area contributed by atoms with Gasteiger partial charge in [0.05, 0.1) is 18.6 Å². The van der Waals surface area contributed by atoms with Gasteiger partial charge in [-0.1, -0.05) is 30.3 Å². The Hall–Kier alpha value is -1.73. The van der Waals surface area contributed by atoms with Gasteiger partial charge in [0.25, 0.3) is 0 Å². The second kappa shape index (κ2) is 9.60. The van der Waals surface area contributed by atoms with Crippen molar-refractivity contribution >= 4 is 33.4 Å². The molecule has 5 nitrogen and oxygen atoms in total. The summed E-state index contributed by atoms with van der Waals surface area (Å²) in [5.74, 6) is 0.278. The Morgan fingerprint density at radius 3 is 2.60 bits per heavy atom. The van der Waals surface area contributed by atoms with Gasteiger partial charge in [-0.15, -0.1) is 0 Å². The van der Waals surface area contributed by atoms with Crippen LogP contribution in [0.25, 0.3) is 6.08 Å². The molecule has 1 aliphatic heterocycles. The molecular weight excluding hydrogens is 420 g/mol. The van der Waals surface area contributed by atoms with Crippen LogP contribution >= 0.6 is 11.6 Å². The molecule has 0 radical (unpaired) electrons. The third-order valence-electron chi connectivity index (χ3n) is 5.89. The molecule has 3 rings (SSSR count). The van der Waals surface area contributed by atoms with E-state index in [1.807, 2.05) is 19.1 Å². The second-order valence-corrected chi connectivity index (χ2v) is 10.2. The maximum Gasteiger partial charge on any atom is 0.211 e. The van der Waals surface area contributed by atoms with Gasteiger partial charge in [-0.3, -0.25) is 4.99 Å². The molecule has 0 spiro atoms. The summed E-state index contributed by atoms with van der Waals surface area (Å²) in [5, 5.41) is 0.679. The molecule has 30 heavy (non-hydrogen) atoms. The summed E-state index contributed by atoms with van der Waals surface area (Å²) in [6.45, 7) is 7.35. The van der Waals surface area contributed by atoms with Crippen LogP contribution in [0.4, 0.5) is 0 Å². The monoisotopic (exact) mass is 448 g/mol. The zero-order valence-electron chi connectivity index (χ0n) is 17.8. The number of hydrogen-bond donors (Lipinski definition) is 0. The lowest BCUT2D eigenvalue weighted by atomic mass is 9.75. The fraction of sp³-hybridized carbons (Fsp3) is 0.435. The summed E-state index contributed by atoms with van der Waals surface area (Å²) >= 11 is 6.33. The molecule has 162 valence electrons. The van der Waals surface area contributed by atoms with Gasteiger partial charge in [-0.2, -0.15) is 0 Å². The molecule has 0 bridgehead atoms. The minimum absolute atomic E-state index is 0.0220. The molecule has 2 aliphatic rings. The fourth-order valence-electron chi connectivity index (χ4n) is 4.57. The van der Waals surface area contributed by atoms with E-state index < -0.39 is 10.0 Å². The number of sulfonamides is 1. The summed E-state index contributed by atoms with van der Waals surface area (Å²) in [7, 11) is -1.50. The Balaban J connectivity index is 2.12. The van der Waals surface area contributed by atoms with Gasteiger partial charge in [0.1, 0.15) is 0 Å². The Morgan fingerprint density at radius 2 is 2.03 bits per heavy atom. The number of ether oxygens (including phenoxy) is 1. The van der Waals surface area contributed by atoms with E-state index in [4.69, 9.17) is 21.3 Å². The summed E-state index contributed by atoms with van der Waals surface area (Å²) in [6.07, 6.45) is 8.60. The minimum atomic E-state index is -3.18. The van der Waals surface area contributed by atoms with Gasteiger partial charge < -0.3 is 4.74 Å². The quantitative estimate of drug-likeness (QED) is 0.657. The number of fused-ring (bicyclic) bond motifs is 1. The van der Waals surface area contributed by atoms with Crippen molar-refractivity contribution in [3.05, 3.63) is 64.3 Å². The number of methoxy groups -OCH3 is 1. The van der Waals surface area contributed by atoms with E-state index >= 15 is 0 Å². The lowest BCUT2D eigenvalue weighted by molar-refractivity contribution is 0.228. The predicted octanol–water partition coefficient (Wildman–Crippen LogP) is 4.67. The third-order valence-corrected chi connectivity index (χ3v) is 7.43. The maximum absolute atomic E-state index is 12.0. The number of piperidine rings is 1. The van der Waals surface area contributed by atoms with E-state index in [9.17, 15) is 8.42 Å². The minimum Gasteiger partial charge on any atom is -0.380 e. The van der Waals surface area contributed by atoms with Gasteiger partial charge in [0, 0.05) is 37.3 Å². The van der Waals surface area contributed by atoms with Crippen molar-refractivity contribution < 1.29 is 13.2 Å². The van der Waals surface area contributed by atoms with Crippen LogP contribution in [0.3, 0.4) is 0 Å². The molecule has 1 aromatic carbocycles. The number of allylic oxidation sites excluding steroid dienone is 1. The zero-order chi connectivity index (χ0) is 21.9. The van der Waals surface area contributed by atoms with E-state index in [1.165, 1.54) is 6.26 Å². The number of benzene rings is 1. The summed E-state index contributed by atoms with van der Waals surface area (Å²) in [4.78, 5) is 4.73. The van der Waals surface area contributed by atoms with E-state index in [0.717, 1.165) is 40.8 Å². The molecule has 1 aliphatic carbocycles. The van der Waals surface area contributed by atoms with Gasteiger partial charge in [0.2, 0.25) is 10.0 Å². The van der Waals surface area contributed by atoms with Crippen LogP contribution in [0.2, 0.25) is 5.02 Å². The van der Waals surface area contributed by atoms with E-state index in [-0.39, 0.29) is 11.8 Å². The molecule has 7 heteroatoms. The van der Waals surface area contributed by atoms with E-state index in [0.29, 0.717) is 24.7 Å². The van der Waals surface area contributed by atoms with Gasteiger partial charge in [0.15, 0.2) is 0 Å². The molecule has 1 saturated heterocycles. The molecule has 1 unspecified atom stereocenters. The molecule has 0 amide bonds. The Morgan fingerprint density at radius 1 is 1.33 bits per heavy atom. The fourth-order valence-corrected chi connectivity index (χ4v) is 5.63. The van der Waals surface area contributed by atoms with Crippen molar-refractivity contribution in [2.24, 2.45) is 10.9 Å². The molecular formula is C23H29ClN2O3S. The Kier molecular flexibility index (Phi) is 7.34. The van der Waals surface area contributed by atoms with Gasteiger partial charge in [-0.25, -0.2) is 12.7 Å². The lowest BCUT2D eigenvalue weighted by Gasteiger charge is -2.36. The molecule has 1 aromatic rings. The number of nitrogens with zero attached hydrogens (tertiary/aromatic N) is 2. The average Bonchev–Trinajstić information content (AvgIpc) is 2.82. The second-order valence-electron chi connectivity index (χ2n) is 7.75. The molecule has 1 fully saturated rings. The standard InChI is InChI=1S/C23H29ClN2O3S/c1-5-20-18(15-29-3)13-17-14-19(24)7-8-21(17)22(23(20)25-6-2)16-9-11-26(12-10-16)30(4,27)28/h5-8,13-14,16,22H,2,9-12,15H2,1,3-4H3/b20-5-,25-23?. The number of hydrogen-bond acceptors (Lipinski definition) is 4. The van der Waals surface area contributed by atoms with Crippen LogP contribution in [0.1, 0.15) is 36.8 Å². The molecule has 0 saturated carbocycles. The first-order valence-corrected chi connectivity index (χ1v) is 12.3. The largest absolute Gasteiger partial charge is 0.380 e. The van der Waals surface area contributed by atoms with Crippen molar-refractivity contribution in [2.75, 3.05) is 33.1 Å². The smallest absolute Gasteiger partial charge is 0.211 e. The third kappa shape index (κ3) is 4.78. The van der Waals surface area contributed by atoms with Crippen LogP contribution in [0.5, 0.6) is 0 Å². The van der Waals surface area contributed by atoms with Crippen LogP contribution in [-0.4, -0.2) is 51.5 Å². The zero-order valence-corrected chi connectivity index (χ0v) is 19.3. The lowest BCUT2D eigenvalue weighted by Crippen LogP contribution is -2.40. The Bertz CT molecular complexity index is 1000. The first-order chi connectivity index (χ1) is 14.3. The highest BCUT2D eigenvalue weighted by Gasteiger charge is 2.37. The van der Waals surface area contributed by atoms with Crippen LogP contribution in [0.15, 0.2) is 53.2 Å². The highest BCUT2D eigenvalue weighted by atomic mass is 35.5. The van der Waals surface area contributed by atoms with Crippen LogP contribution in [0, 0.1) is 5.92 Å². The molecule has 1 atom stereocenters. The highest BCUT2D eigenvalue weighted by Crippen LogP contribution is 2.42. The summed E-state index contributed by atoms with van der Waals surface area (Å²) in [6, 6.07) is 5.97. The van der Waals surface area contributed by atoms with Crippen molar-refractivity contribution in [1.82, 2.24) is 4.31 Å². The van der Waals surface area contributed by atoms with Gasteiger partial charge in [-0.05, 0) is 66.2 Å². The highest BCUT2D eigenvalue weighted by molar-refractivity contribution is 7.88. The normalized spacial score (nSPS) is 23.9. The molecule has 0 aromatic heterocycles. The van der Waals surface area contributed by atoms with Crippen molar-refractivity contribution in [1.29, 1.82) is 0 Å². The average molecular weight is 449 g/mol. The number of rotatable bonds is 5. The maximum atomic E-state index is 12.0. The summed E-state index contributed by atoms with van der Waals surface area (Å²) in [5.41, 5.74) is 5.25. The SMILES string of the molecule is C=CN=C1/C(=C\C)C(COC)=Cc2cc(Cl)ccc2C1C1CCN(S(C)(=O)=O)CC1. The first kappa shape index (κ1) is 22.9. The first-order valence-electron chi connectivity index (χ1n) is 10.1. The topological polar surface area (TPSA) is 59.0 Å². The van der Waals surface area contributed by atoms with E-state index in [1.54, 1.807) is 17.6 Å².